The van der Waals surface area contributed by atoms with Gasteiger partial charge in [-0.3, -0.25) is 9.59 Å². The van der Waals surface area contributed by atoms with Crippen molar-refractivity contribution in [2.24, 2.45) is 0 Å². The van der Waals surface area contributed by atoms with Crippen molar-refractivity contribution in [1.82, 2.24) is 4.90 Å². The van der Waals surface area contributed by atoms with Crippen LogP contribution < -0.4 is 5.32 Å². The molecule has 2 heterocycles. The molecule has 6 heteroatoms. The van der Waals surface area contributed by atoms with E-state index in [1.807, 2.05) is 37.3 Å². The normalized spacial score (nSPS) is 14.4. The predicted molar refractivity (Wildman–Crippen MR) is 109 cm³/mol. The Kier molecular flexibility index (Phi) is 6.29. The molecule has 1 aliphatic heterocycles. The van der Waals surface area contributed by atoms with Crippen molar-refractivity contribution in [3.05, 3.63) is 51.9 Å². The second kappa shape index (κ2) is 8.67. The van der Waals surface area contributed by atoms with Crippen molar-refractivity contribution in [3.63, 3.8) is 0 Å². The van der Waals surface area contributed by atoms with Crippen molar-refractivity contribution >= 4 is 28.2 Å². The molecule has 1 aromatic heterocycles. The SMILES string of the molecule is Cc1cccc(CC(=O)Nc2sc(C(C)C)cc2C(=O)N2CCOCC2)c1. The van der Waals surface area contributed by atoms with Crippen LogP contribution in [0.1, 0.15) is 46.1 Å². The minimum atomic E-state index is -0.103. The molecule has 0 radical (unpaired) electrons. The Bertz CT molecular complexity index is 823. The predicted octanol–water partition coefficient (Wildman–Crippen LogP) is 3.83. The van der Waals surface area contributed by atoms with Gasteiger partial charge in [-0.1, -0.05) is 43.7 Å². The molecule has 0 spiro atoms. The summed E-state index contributed by atoms with van der Waals surface area (Å²) >= 11 is 1.49. The fraction of sp³-hybridized carbons (Fsp3) is 0.429. The van der Waals surface area contributed by atoms with Crippen LogP contribution >= 0.6 is 11.3 Å². The van der Waals surface area contributed by atoms with Gasteiger partial charge in [0.05, 0.1) is 25.2 Å². The lowest BCUT2D eigenvalue weighted by Gasteiger charge is -2.26. The highest BCUT2D eigenvalue weighted by molar-refractivity contribution is 7.16. The quantitative estimate of drug-likeness (QED) is 0.849. The number of carbonyl (C=O) groups excluding carboxylic acids is 2. The summed E-state index contributed by atoms with van der Waals surface area (Å²) < 4.78 is 5.34. The maximum Gasteiger partial charge on any atom is 0.257 e. The van der Waals surface area contributed by atoms with E-state index in [4.69, 9.17) is 4.74 Å². The summed E-state index contributed by atoms with van der Waals surface area (Å²) in [4.78, 5) is 28.4. The van der Waals surface area contributed by atoms with Crippen molar-refractivity contribution < 1.29 is 14.3 Å². The number of rotatable bonds is 5. The standard InChI is InChI=1S/C21H26N2O3S/c1-14(2)18-13-17(21(25)23-7-9-26-10-8-23)20(27-18)22-19(24)12-16-6-4-5-15(3)11-16/h4-6,11,13-14H,7-10,12H2,1-3H3,(H,22,24). The first-order valence-electron chi connectivity index (χ1n) is 9.30. The van der Waals surface area contributed by atoms with E-state index in [-0.39, 0.29) is 11.8 Å². The zero-order valence-corrected chi connectivity index (χ0v) is 16.9. The first-order chi connectivity index (χ1) is 12.9. The highest BCUT2D eigenvalue weighted by atomic mass is 32.1. The van der Waals surface area contributed by atoms with Gasteiger partial charge in [-0.05, 0) is 24.5 Å². The largest absolute Gasteiger partial charge is 0.378 e. The van der Waals surface area contributed by atoms with Crippen molar-refractivity contribution in [2.75, 3.05) is 31.6 Å². The summed E-state index contributed by atoms with van der Waals surface area (Å²) in [5, 5.41) is 3.62. The van der Waals surface area contributed by atoms with Gasteiger partial charge in [-0.15, -0.1) is 11.3 Å². The van der Waals surface area contributed by atoms with Crippen molar-refractivity contribution in [2.45, 2.75) is 33.1 Å². The van der Waals surface area contributed by atoms with E-state index in [9.17, 15) is 9.59 Å². The number of aryl methyl sites for hydroxylation is 1. The maximum atomic E-state index is 13.0. The lowest BCUT2D eigenvalue weighted by molar-refractivity contribution is -0.115. The monoisotopic (exact) mass is 386 g/mol. The summed E-state index contributed by atoms with van der Waals surface area (Å²) in [7, 11) is 0. The number of benzene rings is 1. The molecule has 0 saturated carbocycles. The first kappa shape index (κ1) is 19.6. The van der Waals surface area contributed by atoms with Crippen LogP contribution in [0.25, 0.3) is 0 Å². The average molecular weight is 387 g/mol. The number of hydrogen-bond acceptors (Lipinski definition) is 4. The fourth-order valence-corrected chi connectivity index (χ4v) is 4.13. The minimum Gasteiger partial charge on any atom is -0.378 e. The summed E-state index contributed by atoms with van der Waals surface area (Å²) in [6.07, 6.45) is 0.293. The van der Waals surface area contributed by atoms with Gasteiger partial charge in [0.2, 0.25) is 5.91 Å². The number of nitrogens with zero attached hydrogens (tertiary/aromatic N) is 1. The Morgan fingerprint density at radius 3 is 2.63 bits per heavy atom. The third kappa shape index (κ3) is 4.96. The number of nitrogens with one attached hydrogen (secondary N) is 1. The van der Waals surface area contributed by atoms with Crippen molar-refractivity contribution in [3.8, 4) is 0 Å². The van der Waals surface area contributed by atoms with Gasteiger partial charge in [-0.25, -0.2) is 0 Å². The van der Waals surface area contributed by atoms with Crippen LogP contribution in [0.3, 0.4) is 0 Å². The van der Waals surface area contributed by atoms with Crippen LogP contribution in [-0.4, -0.2) is 43.0 Å². The Balaban J connectivity index is 1.78. The maximum absolute atomic E-state index is 13.0. The van der Waals surface area contributed by atoms with E-state index in [0.29, 0.717) is 49.2 Å². The van der Waals surface area contributed by atoms with Crippen LogP contribution in [-0.2, 0) is 16.0 Å². The zero-order chi connectivity index (χ0) is 19.4. The molecule has 1 aromatic carbocycles. The number of hydrogen-bond donors (Lipinski definition) is 1. The topological polar surface area (TPSA) is 58.6 Å². The number of carbonyl (C=O) groups is 2. The molecule has 2 aromatic rings. The Morgan fingerprint density at radius 1 is 1.22 bits per heavy atom. The van der Waals surface area contributed by atoms with E-state index in [2.05, 4.69) is 19.2 Å². The van der Waals surface area contributed by atoms with Crippen LogP contribution in [0.5, 0.6) is 0 Å². The molecular weight excluding hydrogens is 360 g/mol. The molecule has 1 aliphatic rings. The van der Waals surface area contributed by atoms with E-state index in [0.717, 1.165) is 16.0 Å². The summed E-state index contributed by atoms with van der Waals surface area (Å²) in [5.41, 5.74) is 2.68. The molecule has 27 heavy (non-hydrogen) atoms. The van der Waals surface area contributed by atoms with Gasteiger partial charge in [0, 0.05) is 18.0 Å². The smallest absolute Gasteiger partial charge is 0.257 e. The van der Waals surface area contributed by atoms with E-state index >= 15 is 0 Å². The molecule has 2 amide bonds. The fourth-order valence-electron chi connectivity index (χ4n) is 3.06. The molecule has 1 saturated heterocycles. The second-order valence-electron chi connectivity index (χ2n) is 7.16. The molecule has 1 N–H and O–H groups in total. The number of ether oxygens (including phenoxy) is 1. The van der Waals surface area contributed by atoms with Gasteiger partial charge >= 0.3 is 0 Å². The molecule has 1 fully saturated rings. The van der Waals surface area contributed by atoms with Gasteiger partial charge < -0.3 is 15.0 Å². The van der Waals surface area contributed by atoms with Gasteiger partial charge in [0.1, 0.15) is 5.00 Å². The molecule has 0 aliphatic carbocycles. The highest BCUT2D eigenvalue weighted by Crippen LogP contribution is 2.34. The molecule has 5 nitrogen and oxygen atoms in total. The molecule has 0 unspecified atom stereocenters. The van der Waals surface area contributed by atoms with Crippen molar-refractivity contribution in [1.29, 1.82) is 0 Å². The van der Waals surface area contributed by atoms with Gasteiger partial charge in [0.15, 0.2) is 0 Å². The molecule has 3 rings (SSSR count). The Morgan fingerprint density at radius 2 is 1.96 bits per heavy atom. The van der Waals surface area contributed by atoms with Crippen LogP contribution in [0.4, 0.5) is 5.00 Å². The van der Waals surface area contributed by atoms with Crippen LogP contribution in [0.15, 0.2) is 30.3 Å². The average Bonchev–Trinajstić information content (AvgIpc) is 3.05. The lowest BCUT2D eigenvalue weighted by Crippen LogP contribution is -2.40. The Hall–Kier alpha value is -2.18. The number of amides is 2. The number of thiophene rings is 1. The van der Waals surface area contributed by atoms with Crippen LogP contribution in [0, 0.1) is 6.92 Å². The highest BCUT2D eigenvalue weighted by Gasteiger charge is 2.25. The lowest BCUT2D eigenvalue weighted by atomic mass is 10.1. The van der Waals surface area contributed by atoms with E-state index in [1.165, 1.54) is 11.3 Å². The molecular formula is C21H26N2O3S. The number of morpholine rings is 1. The van der Waals surface area contributed by atoms with E-state index in [1.54, 1.807) is 4.90 Å². The van der Waals surface area contributed by atoms with Gasteiger partial charge in [-0.2, -0.15) is 0 Å². The zero-order valence-electron chi connectivity index (χ0n) is 16.1. The third-order valence-electron chi connectivity index (χ3n) is 4.55. The first-order valence-corrected chi connectivity index (χ1v) is 10.1. The molecule has 0 atom stereocenters. The van der Waals surface area contributed by atoms with Gasteiger partial charge in [0.25, 0.3) is 5.91 Å². The second-order valence-corrected chi connectivity index (χ2v) is 8.25. The molecule has 0 bridgehead atoms. The van der Waals surface area contributed by atoms with Crippen LogP contribution in [0.2, 0.25) is 0 Å². The molecule has 144 valence electrons. The number of anilines is 1. The third-order valence-corrected chi connectivity index (χ3v) is 5.90. The Labute approximate surface area is 164 Å². The summed E-state index contributed by atoms with van der Waals surface area (Å²) in [5.74, 6) is 0.162. The van der Waals surface area contributed by atoms with E-state index < -0.39 is 0 Å². The summed E-state index contributed by atoms with van der Waals surface area (Å²) in [6, 6.07) is 9.84. The summed E-state index contributed by atoms with van der Waals surface area (Å²) in [6.45, 7) is 8.48. The minimum absolute atomic E-state index is 0.0349.